The molecule has 2 rings (SSSR count). The van der Waals surface area contributed by atoms with Crippen LogP contribution in [0.25, 0.3) is 0 Å². The van der Waals surface area contributed by atoms with Crippen molar-refractivity contribution in [3.63, 3.8) is 0 Å². The second-order valence-electron chi connectivity index (χ2n) is 7.04. The summed E-state index contributed by atoms with van der Waals surface area (Å²) in [5, 5.41) is 13.0. The quantitative estimate of drug-likeness (QED) is 0.931. The summed E-state index contributed by atoms with van der Waals surface area (Å²) in [6, 6.07) is 12.3. The second kappa shape index (κ2) is 7.01. The fourth-order valence-corrected chi connectivity index (χ4v) is 2.68. The molecule has 0 saturated carbocycles. The second-order valence-corrected chi connectivity index (χ2v) is 7.04. The normalized spacial score (nSPS) is 21.6. The topological polar surface area (TPSA) is 65.4 Å². The summed E-state index contributed by atoms with van der Waals surface area (Å²) in [6.07, 6.45) is 1.17. The summed E-state index contributed by atoms with van der Waals surface area (Å²) in [5.41, 5.74) is -0.122. The van der Waals surface area contributed by atoms with Gasteiger partial charge < -0.3 is 9.64 Å². The van der Waals surface area contributed by atoms with Gasteiger partial charge >= 0.3 is 6.09 Å². The Hall–Kier alpha value is -2.06. The maximum absolute atomic E-state index is 12.3. The van der Waals surface area contributed by atoms with Gasteiger partial charge in [-0.3, -0.25) is 5.32 Å². The van der Waals surface area contributed by atoms with Gasteiger partial charge in [0.1, 0.15) is 11.1 Å². The lowest BCUT2D eigenvalue weighted by Gasteiger charge is -2.39. The number of ether oxygens (including phenoxy) is 1. The van der Waals surface area contributed by atoms with Crippen molar-refractivity contribution in [1.82, 2.24) is 10.2 Å². The Morgan fingerprint density at radius 3 is 2.70 bits per heavy atom. The number of nitrogens with zero attached hydrogens (tertiary/aromatic N) is 2. The smallest absolute Gasteiger partial charge is 0.410 e. The van der Waals surface area contributed by atoms with Crippen LogP contribution in [0.15, 0.2) is 30.3 Å². The van der Waals surface area contributed by atoms with E-state index < -0.39 is 11.1 Å². The van der Waals surface area contributed by atoms with Gasteiger partial charge in [0.05, 0.1) is 12.6 Å². The fourth-order valence-electron chi connectivity index (χ4n) is 2.68. The van der Waals surface area contributed by atoms with Crippen LogP contribution >= 0.6 is 0 Å². The van der Waals surface area contributed by atoms with Crippen LogP contribution in [0, 0.1) is 11.3 Å². The lowest BCUT2D eigenvalue weighted by molar-refractivity contribution is 0.0150. The maximum atomic E-state index is 12.3. The molecule has 1 aliphatic rings. The van der Waals surface area contributed by atoms with E-state index in [0.717, 1.165) is 18.4 Å². The molecule has 1 N–H and O–H groups in total. The number of rotatable bonds is 3. The summed E-state index contributed by atoms with van der Waals surface area (Å²) in [7, 11) is 0. The van der Waals surface area contributed by atoms with Gasteiger partial charge in [0.25, 0.3) is 0 Å². The lowest BCUT2D eigenvalue weighted by atomic mass is 9.90. The largest absolute Gasteiger partial charge is 0.444 e. The zero-order chi connectivity index (χ0) is 16.9. The number of benzene rings is 1. The van der Waals surface area contributed by atoms with Gasteiger partial charge in [-0.25, -0.2) is 4.79 Å². The molecular formula is C18H25N3O2. The molecule has 5 heteroatoms. The van der Waals surface area contributed by atoms with E-state index in [9.17, 15) is 10.1 Å². The molecule has 0 bridgehead atoms. The third-order valence-electron chi connectivity index (χ3n) is 3.83. The van der Waals surface area contributed by atoms with Gasteiger partial charge in [-0.2, -0.15) is 5.26 Å². The molecule has 1 heterocycles. The molecule has 23 heavy (non-hydrogen) atoms. The average molecular weight is 315 g/mol. The van der Waals surface area contributed by atoms with Gasteiger partial charge in [-0.15, -0.1) is 0 Å². The molecule has 1 amide bonds. The number of likely N-dealkylation sites (tertiary alicyclic amines) is 1. The minimum atomic E-state index is -0.717. The van der Waals surface area contributed by atoms with E-state index in [0.29, 0.717) is 19.6 Å². The van der Waals surface area contributed by atoms with E-state index in [4.69, 9.17) is 4.74 Å². The van der Waals surface area contributed by atoms with Gasteiger partial charge in [0.15, 0.2) is 0 Å². The fraction of sp³-hybridized carbons (Fsp3) is 0.556. The Balaban J connectivity index is 2.01. The summed E-state index contributed by atoms with van der Waals surface area (Å²) >= 11 is 0. The van der Waals surface area contributed by atoms with Gasteiger partial charge in [0.2, 0.25) is 0 Å². The number of nitrogens with one attached hydrogen (secondary N) is 1. The van der Waals surface area contributed by atoms with Crippen LogP contribution in [0.4, 0.5) is 4.79 Å². The number of amides is 1. The first-order valence-corrected chi connectivity index (χ1v) is 8.02. The number of carbonyl (C=O) groups is 1. The van der Waals surface area contributed by atoms with E-state index in [1.807, 2.05) is 51.1 Å². The molecule has 124 valence electrons. The highest BCUT2D eigenvalue weighted by Gasteiger charge is 2.38. The predicted octanol–water partition coefficient (Wildman–Crippen LogP) is 3.07. The van der Waals surface area contributed by atoms with Crippen molar-refractivity contribution in [2.75, 3.05) is 13.1 Å². The molecule has 1 unspecified atom stereocenters. The Labute approximate surface area is 138 Å². The van der Waals surface area contributed by atoms with Crippen molar-refractivity contribution < 1.29 is 9.53 Å². The van der Waals surface area contributed by atoms with Crippen LogP contribution in [0.3, 0.4) is 0 Å². The van der Waals surface area contributed by atoms with Crippen LogP contribution in [0.2, 0.25) is 0 Å². The minimum absolute atomic E-state index is 0.349. The number of hydrogen-bond donors (Lipinski definition) is 1. The highest BCUT2D eigenvalue weighted by atomic mass is 16.6. The van der Waals surface area contributed by atoms with Crippen molar-refractivity contribution in [3.05, 3.63) is 35.9 Å². The SMILES string of the molecule is CC(C)(C)OC(=O)N1CCCC(C#N)(NCc2ccccc2)C1. The molecule has 1 aromatic rings. The molecular weight excluding hydrogens is 290 g/mol. The third-order valence-corrected chi connectivity index (χ3v) is 3.83. The molecule has 1 aliphatic heterocycles. The molecule has 5 nitrogen and oxygen atoms in total. The molecule has 1 saturated heterocycles. The minimum Gasteiger partial charge on any atom is -0.444 e. The Morgan fingerprint density at radius 2 is 2.09 bits per heavy atom. The predicted molar refractivity (Wildman–Crippen MR) is 88.7 cm³/mol. The Bertz CT molecular complexity index is 574. The average Bonchev–Trinajstić information content (AvgIpc) is 2.53. The van der Waals surface area contributed by atoms with E-state index >= 15 is 0 Å². The van der Waals surface area contributed by atoms with Crippen molar-refractivity contribution in [2.45, 2.75) is 51.3 Å². The van der Waals surface area contributed by atoms with E-state index in [-0.39, 0.29) is 6.09 Å². The number of hydrogen-bond acceptors (Lipinski definition) is 4. The maximum Gasteiger partial charge on any atom is 0.410 e. The molecule has 0 aromatic heterocycles. The molecule has 1 fully saturated rings. The monoisotopic (exact) mass is 315 g/mol. The third kappa shape index (κ3) is 4.97. The summed E-state index contributed by atoms with van der Waals surface area (Å²) in [5.74, 6) is 0. The molecule has 1 atom stereocenters. The van der Waals surface area contributed by atoms with Gasteiger partial charge in [0, 0.05) is 13.1 Å². The zero-order valence-corrected chi connectivity index (χ0v) is 14.1. The van der Waals surface area contributed by atoms with E-state index in [2.05, 4.69) is 11.4 Å². The van der Waals surface area contributed by atoms with E-state index in [1.54, 1.807) is 4.90 Å². The first kappa shape index (κ1) is 17.3. The van der Waals surface area contributed by atoms with E-state index in [1.165, 1.54) is 0 Å². The first-order chi connectivity index (χ1) is 10.8. The Morgan fingerprint density at radius 1 is 1.39 bits per heavy atom. The molecule has 0 spiro atoms. The summed E-state index contributed by atoms with van der Waals surface area (Å²) < 4.78 is 5.43. The van der Waals surface area contributed by atoms with Crippen molar-refractivity contribution in [3.8, 4) is 6.07 Å². The Kier molecular flexibility index (Phi) is 5.27. The van der Waals surface area contributed by atoms with Crippen LogP contribution in [-0.2, 0) is 11.3 Å². The number of nitriles is 1. The highest BCUT2D eigenvalue weighted by Crippen LogP contribution is 2.23. The first-order valence-electron chi connectivity index (χ1n) is 8.02. The molecule has 0 radical (unpaired) electrons. The molecule has 1 aromatic carbocycles. The van der Waals surface area contributed by atoms with Crippen molar-refractivity contribution >= 4 is 6.09 Å². The summed E-state index contributed by atoms with van der Waals surface area (Å²) in [4.78, 5) is 13.9. The number of piperidine rings is 1. The van der Waals surface area contributed by atoms with Gasteiger partial charge in [-0.05, 0) is 39.2 Å². The molecule has 0 aliphatic carbocycles. The zero-order valence-electron chi connectivity index (χ0n) is 14.1. The lowest BCUT2D eigenvalue weighted by Crippen LogP contribution is -2.57. The standard InChI is InChI=1S/C18H25N3O2/c1-17(2,3)23-16(22)21-11-7-10-18(13-19,14-21)20-12-15-8-5-4-6-9-15/h4-6,8-9,20H,7,10-12,14H2,1-3H3. The summed E-state index contributed by atoms with van der Waals surface area (Å²) in [6.45, 7) is 7.13. The highest BCUT2D eigenvalue weighted by molar-refractivity contribution is 5.68. The van der Waals surface area contributed by atoms with Crippen LogP contribution < -0.4 is 5.32 Å². The van der Waals surface area contributed by atoms with Crippen LogP contribution in [0.1, 0.15) is 39.2 Å². The number of carbonyl (C=O) groups excluding carboxylic acids is 1. The van der Waals surface area contributed by atoms with Crippen molar-refractivity contribution in [1.29, 1.82) is 5.26 Å². The van der Waals surface area contributed by atoms with Crippen LogP contribution in [0.5, 0.6) is 0 Å². The van der Waals surface area contributed by atoms with Crippen molar-refractivity contribution in [2.24, 2.45) is 0 Å². The van der Waals surface area contributed by atoms with Crippen LogP contribution in [-0.4, -0.2) is 35.2 Å². The van der Waals surface area contributed by atoms with Gasteiger partial charge in [-0.1, -0.05) is 30.3 Å².